The van der Waals surface area contributed by atoms with E-state index >= 15 is 0 Å². The van der Waals surface area contributed by atoms with Gasteiger partial charge in [-0.15, -0.1) is 0 Å². The normalized spacial score (nSPS) is 23.0. The molecule has 1 aromatic carbocycles. The van der Waals surface area contributed by atoms with Crippen LogP contribution >= 0.6 is 11.6 Å². The van der Waals surface area contributed by atoms with Gasteiger partial charge >= 0.3 is 6.18 Å². The van der Waals surface area contributed by atoms with E-state index in [1.807, 2.05) is 4.90 Å². The molecule has 6 nitrogen and oxygen atoms in total. The molecule has 10 heteroatoms. The number of piperazine rings is 1. The van der Waals surface area contributed by atoms with Gasteiger partial charge in [0, 0.05) is 37.9 Å². The van der Waals surface area contributed by atoms with Crippen molar-refractivity contribution in [1.29, 1.82) is 0 Å². The molecule has 178 valence electrons. The maximum Gasteiger partial charge on any atom is 0.417 e. The van der Waals surface area contributed by atoms with Crippen molar-refractivity contribution in [3.63, 3.8) is 0 Å². The molecule has 1 heterocycles. The second kappa shape index (κ2) is 10.9. The Balaban J connectivity index is 1.41. The predicted octanol–water partition coefficient (Wildman–Crippen LogP) is 3.61. The summed E-state index contributed by atoms with van der Waals surface area (Å²) in [6.07, 6.45) is -0.0171. The van der Waals surface area contributed by atoms with Gasteiger partial charge in [0.05, 0.1) is 23.7 Å². The van der Waals surface area contributed by atoms with Crippen LogP contribution in [0.4, 0.5) is 18.9 Å². The first kappa shape index (κ1) is 24.8. The topological polar surface area (TPSA) is 64.7 Å². The molecule has 0 radical (unpaired) electrons. The smallest absolute Gasteiger partial charge is 0.352 e. The van der Waals surface area contributed by atoms with Crippen molar-refractivity contribution in [3.8, 4) is 0 Å². The monoisotopic (exact) mass is 474 g/mol. The van der Waals surface area contributed by atoms with Crippen LogP contribution < -0.4 is 10.6 Å². The Bertz CT molecular complexity index is 813. The van der Waals surface area contributed by atoms with Gasteiger partial charge in [-0.05, 0) is 37.0 Å². The summed E-state index contributed by atoms with van der Waals surface area (Å²) in [5.74, 6) is 0.159. The number of alkyl halides is 3. The molecule has 2 aliphatic rings. The van der Waals surface area contributed by atoms with E-state index in [2.05, 4.69) is 22.5 Å². The van der Waals surface area contributed by atoms with Gasteiger partial charge in [-0.3, -0.25) is 19.4 Å². The maximum absolute atomic E-state index is 13.0. The minimum absolute atomic E-state index is 0.0400. The number of halogens is 4. The van der Waals surface area contributed by atoms with Gasteiger partial charge < -0.3 is 10.6 Å². The fourth-order valence-corrected chi connectivity index (χ4v) is 4.54. The van der Waals surface area contributed by atoms with Crippen molar-refractivity contribution in [2.24, 2.45) is 5.92 Å². The number of benzene rings is 1. The molecule has 2 atom stereocenters. The largest absolute Gasteiger partial charge is 0.417 e. The second-order valence-electron chi connectivity index (χ2n) is 8.73. The Morgan fingerprint density at radius 2 is 1.62 bits per heavy atom. The van der Waals surface area contributed by atoms with Gasteiger partial charge in [-0.25, -0.2) is 0 Å². The first-order chi connectivity index (χ1) is 15.1. The lowest BCUT2D eigenvalue weighted by Gasteiger charge is -2.35. The molecule has 1 aliphatic carbocycles. The molecule has 2 fully saturated rings. The zero-order chi connectivity index (χ0) is 23.3. The van der Waals surface area contributed by atoms with E-state index in [1.165, 1.54) is 12.5 Å². The van der Waals surface area contributed by atoms with E-state index in [0.29, 0.717) is 38.6 Å². The third-order valence-electron chi connectivity index (χ3n) is 6.21. The van der Waals surface area contributed by atoms with Crippen LogP contribution in [0.1, 0.15) is 38.2 Å². The first-order valence-corrected chi connectivity index (χ1v) is 11.4. The number of amides is 2. The summed E-state index contributed by atoms with van der Waals surface area (Å²) < 4.78 is 38.9. The van der Waals surface area contributed by atoms with E-state index < -0.39 is 22.7 Å². The van der Waals surface area contributed by atoms with Crippen LogP contribution in [0.15, 0.2) is 18.2 Å². The molecule has 1 aromatic rings. The predicted molar refractivity (Wildman–Crippen MR) is 118 cm³/mol. The highest BCUT2D eigenvalue weighted by molar-refractivity contribution is 6.31. The number of carbonyl (C=O) groups is 2. The maximum atomic E-state index is 13.0. The highest BCUT2D eigenvalue weighted by Gasteiger charge is 2.33. The summed E-state index contributed by atoms with van der Waals surface area (Å²) in [5.41, 5.74) is -0.926. The second-order valence-corrected chi connectivity index (χ2v) is 9.14. The summed E-state index contributed by atoms with van der Waals surface area (Å²) in [4.78, 5) is 28.7. The molecule has 1 saturated heterocycles. The van der Waals surface area contributed by atoms with Crippen LogP contribution in [0.3, 0.4) is 0 Å². The van der Waals surface area contributed by atoms with Gasteiger partial charge in [0.25, 0.3) is 0 Å². The van der Waals surface area contributed by atoms with E-state index in [9.17, 15) is 22.8 Å². The van der Waals surface area contributed by atoms with E-state index in [-0.39, 0.29) is 24.2 Å². The molecule has 3 rings (SSSR count). The third-order valence-corrected chi connectivity index (χ3v) is 6.54. The van der Waals surface area contributed by atoms with Crippen LogP contribution in [0.25, 0.3) is 0 Å². The van der Waals surface area contributed by atoms with Gasteiger partial charge in [-0.2, -0.15) is 13.2 Å². The summed E-state index contributed by atoms with van der Waals surface area (Å²) >= 11 is 5.61. The minimum atomic E-state index is -4.59. The molecule has 1 aliphatic heterocycles. The van der Waals surface area contributed by atoms with Crippen LogP contribution in [0.2, 0.25) is 5.02 Å². The molecular weight excluding hydrogens is 445 g/mol. The van der Waals surface area contributed by atoms with Crippen LogP contribution in [0.5, 0.6) is 0 Å². The van der Waals surface area contributed by atoms with E-state index in [4.69, 9.17) is 11.6 Å². The van der Waals surface area contributed by atoms with Gasteiger partial charge in [0.1, 0.15) is 0 Å². The van der Waals surface area contributed by atoms with Gasteiger partial charge in [0.15, 0.2) is 0 Å². The highest BCUT2D eigenvalue weighted by Crippen LogP contribution is 2.36. The van der Waals surface area contributed by atoms with E-state index in [0.717, 1.165) is 31.4 Å². The van der Waals surface area contributed by atoms with E-state index in [1.54, 1.807) is 0 Å². The molecule has 2 N–H and O–H groups in total. The average molecular weight is 475 g/mol. The van der Waals surface area contributed by atoms with Crippen molar-refractivity contribution in [2.75, 3.05) is 44.6 Å². The molecule has 2 amide bonds. The quantitative estimate of drug-likeness (QED) is 0.661. The molecule has 0 aromatic heterocycles. The van der Waals surface area contributed by atoms with Gasteiger partial charge in [0.2, 0.25) is 11.8 Å². The summed E-state index contributed by atoms with van der Waals surface area (Å²) in [5, 5.41) is 5.25. The summed E-state index contributed by atoms with van der Waals surface area (Å²) in [6.45, 7) is 5.11. The Hall–Kier alpha value is -1.84. The lowest BCUT2D eigenvalue weighted by molar-refractivity contribution is -0.137. The minimum Gasteiger partial charge on any atom is -0.352 e. The lowest BCUT2D eigenvalue weighted by Crippen LogP contribution is -2.52. The molecule has 0 spiro atoms. The zero-order valence-corrected chi connectivity index (χ0v) is 18.9. The fourth-order valence-electron chi connectivity index (χ4n) is 4.32. The van der Waals surface area contributed by atoms with Crippen molar-refractivity contribution >= 4 is 29.1 Å². The number of hydrogen-bond acceptors (Lipinski definition) is 4. The van der Waals surface area contributed by atoms with Crippen molar-refractivity contribution < 1.29 is 22.8 Å². The third kappa shape index (κ3) is 7.08. The molecular formula is C22H30ClF3N4O2. The van der Waals surface area contributed by atoms with Crippen LogP contribution in [-0.4, -0.2) is 66.9 Å². The number of rotatable bonds is 6. The standard InChI is InChI=1S/C22H30ClF3N4O2/c1-15-4-2-3-5-19(15)28-21(32)14-30-10-8-29(9-11-30)13-20(31)27-16-6-7-18(23)17(12-16)22(24,25)26/h6-7,12,15,19H,2-5,8-11,13-14H2,1H3,(H,27,31)(H,28,32)/t15-,19+/m1/s1. The van der Waals surface area contributed by atoms with Crippen molar-refractivity contribution in [3.05, 3.63) is 28.8 Å². The number of carbonyl (C=O) groups excluding carboxylic acids is 2. The Labute approximate surface area is 191 Å². The lowest BCUT2D eigenvalue weighted by atomic mass is 9.86. The zero-order valence-electron chi connectivity index (χ0n) is 18.2. The Morgan fingerprint density at radius 1 is 1.03 bits per heavy atom. The summed E-state index contributed by atoms with van der Waals surface area (Å²) in [6, 6.07) is 3.56. The Morgan fingerprint density at radius 3 is 2.22 bits per heavy atom. The number of nitrogens with one attached hydrogen (secondary N) is 2. The number of nitrogens with zero attached hydrogens (tertiary/aromatic N) is 2. The molecule has 0 bridgehead atoms. The fraction of sp³-hybridized carbons (Fsp3) is 0.636. The van der Waals surface area contributed by atoms with Crippen molar-refractivity contribution in [2.45, 2.75) is 44.8 Å². The Kier molecular flexibility index (Phi) is 8.41. The molecule has 1 saturated carbocycles. The highest BCUT2D eigenvalue weighted by atomic mass is 35.5. The number of anilines is 1. The van der Waals surface area contributed by atoms with Gasteiger partial charge in [-0.1, -0.05) is 31.4 Å². The first-order valence-electron chi connectivity index (χ1n) is 11.0. The average Bonchev–Trinajstić information content (AvgIpc) is 2.72. The number of hydrogen-bond donors (Lipinski definition) is 2. The van der Waals surface area contributed by atoms with Crippen molar-refractivity contribution in [1.82, 2.24) is 15.1 Å². The van der Waals surface area contributed by atoms with Crippen LogP contribution in [-0.2, 0) is 15.8 Å². The SMILES string of the molecule is C[C@@H]1CCCC[C@@H]1NC(=O)CN1CCN(CC(=O)Nc2ccc(Cl)c(C(F)(F)F)c2)CC1. The molecule has 0 unspecified atom stereocenters. The molecule has 32 heavy (non-hydrogen) atoms. The van der Waals surface area contributed by atoms with Crippen LogP contribution in [0, 0.1) is 5.92 Å². The summed E-state index contributed by atoms with van der Waals surface area (Å²) in [7, 11) is 0.